The van der Waals surface area contributed by atoms with E-state index in [1.54, 1.807) is 0 Å². The van der Waals surface area contributed by atoms with Crippen molar-refractivity contribution in [1.82, 2.24) is 25.3 Å². The molecule has 0 saturated carbocycles. The first-order valence-electron chi connectivity index (χ1n) is 9.09. The lowest BCUT2D eigenvalue weighted by atomic mass is 9.91. The molecule has 0 spiro atoms. The van der Waals surface area contributed by atoms with Crippen molar-refractivity contribution >= 4 is 0 Å². The Morgan fingerprint density at radius 2 is 2.25 bits per heavy atom. The van der Waals surface area contributed by atoms with Gasteiger partial charge in [0.15, 0.2) is 0 Å². The standard InChI is InChI=1S/C18H29N5O/c1-4-16-15(17(5-2)23(3)22-16)12-19-9-13-7-6-8-24-18(13)14-10-20-21-11-14/h10-11,13,18-19H,4-9,12H2,1-3H3,(H,20,21)/t13-,18+/m0/s1. The molecule has 2 aromatic heterocycles. The fourth-order valence-electron chi connectivity index (χ4n) is 3.81. The van der Waals surface area contributed by atoms with Crippen molar-refractivity contribution in [1.29, 1.82) is 0 Å². The van der Waals surface area contributed by atoms with Gasteiger partial charge in [-0.25, -0.2) is 0 Å². The second-order valence-electron chi connectivity index (χ2n) is 6.56. The molecule has 1 aliphatic rings. The Morgan fingerprint density at radius 1 is 1.38 bits per heavy atom. The van der Waals surface area contributed by atoms with Gasteiger partial charge in [0, 0.05) is 55.7 Å². The fourth-order valence-corrected chi connectivity index (χ4v) is 3.81. The normalized spacial score (nSPS) is 21.3. The number of H-pyrrole nitrogens is 1. The molecule has 0 bridgehead atoms. The second-order valence-corrected chi connectivity index (χ2v) is 6.56. The van der Waals surface area contributed by atoms with Crippen LogP contribution in [0.2, 0.25) is 0 Å². The largest absolute Gasteiger partial charge is 0.373 e. The highest BCUT2D eigenvalue weighted by Crippen LogP contribution is 2.32. The lowest BCUT2D eigenvalue weighted by Gasteiger charge is -2.31. The quantitative estimate of drug-likeness (QED) is 0.818. The molecule has 0 radical (unpaired) electrons. The number of nitrogens with one attached hydrogen (secondary N) is 2. The van der Waals surface area contributed by atoms with E-state index in [4.69, 9.17) is 4.74 Å². The molecule has 0 unspecified atom stereocenters. The maximum atomic E-state index is 6.02. The molecule has 3 heterocycles. The van der Waals surface area contributed by atoms with E-state index < -0.39 is 0 Å². The minimum Gasteiger partial charge on any atom is -0.373 e. The molecule has 0 amide bonds. The third kappa shape index (κ3) is 3.54. The van der Waals surface area contributed by atoms with E-state index in [2.05, 4.69) is 34.5 Å². The Labute approximate surface area is 144 Å². The van der Waals surface area contributed by atoms with Crippen LogP contribution in [0, 0.1) is 5.92 Å². The molecular weight excluding hydrogens is 302 g/mol. The van der Waals surface area contributed by atoms with Crippen LogP contribution < -0.4 is 5.32 Å². The van der Waals surface area contributed by atoms with E-state index in [0.29, 0.717) is 5.92 Å². The number of hydrogen-bond donors (Lipinski definition) is 2. The van der Waals surface area contributed by atoms with E-state index in [9.17, 15) is 0 Å². The van der Waals surface area contributed by atoms with E-state index in [1.807, 2.05) is 24.1 Å². The summed E-state index contributed by atoms with van der Waals surface area (Å²) in [6, 6.07) is 0. The average Bonchev–Trinajstić information content (AvgIpc) is 3.23. The summed E-state index contributed by atoms with van der Waals surface area (Å²) in [5, 5.41) is 15.3. The molecule has 2 aromatic rings. The monoisotopic (exact) mass is 331 g/mol. The number of rotatable bonds is 7. The van der Waals surface area contributed by atoms with Gasteiger partial charge >= 0.3 is 0 Å². The summed E-state index contributed by atoms with van der Waals surface area (Å²) in [4.78, 5) is 0. The summed E-state index contributed by atoms with van der Waals surface area (Å²) in [6.45, 7) is 7.06. The first-order valence-corrected chi connectivity index (χ1v) is 9.09. The number of aromatic nitrogens is 4. The Bertz CT molecular complexity index is 634. The number of ether oxygens (including phenoxy) is 1. The predicted octanol–water partition coefficient (Wildman–Crippen LogP) is 2.53. The average molecular weight is 331 g/mol. The van der Waals surface area contributed by atoms with Gasteiger partial charge in [-0.05, 0) is 25.7 Å². The summed E-state index contributed by atoms with van der Waals surface area (Å²) in [6.07, 6.45) is 8.31. The zero-order chi connectivity index (χ0) is 16.9. The van der Waals surface area contributed by atoms with Crippen molar-refractivity contribution in [2.75, 3.05) is 13.2 Å². The minimum atomic E-state index is 0.148. The van der Waals surface area contributed by atoms with Crippen molar-refractivity contribution in [3.63, 3.8) is 0 Å². The van der Waals surface area contributed by atoms with Crippen LogP contribution in [0.25, 0.3) is 0 Å². The third-order valence-corrected chi connectivity index (χ3v) is 5.03. The van der Waals surface area contributed by atoms with Gasteiger partial charge in [0.25, 0.3) is 0 Å². The molecule has 132 valence electrons. The van der Waals surface area contributed by atoms with Crippen molar-refractivity contribution in [2.45, 2.75) is 52.2 Å². The topological polar surface area (TPSA) is 67.8 Å². The van der Waals surface area contributed by atoms with Crippen LogP contribution in [0.15, 0.2) is 12.4 Å². The number of aryl methyl sites for hydroxylation is 2. The molecule has 0 aromatic carbocycles. The minimum absolute atomic E-state index is 0.148. The zero-order valence-corrected chi connectivity index (χ0v) is 15.0. The summed E-state index contributed by atoms with van der Waals surface area (Å²) >= 11 is 0. The second kappa shape index (κ2) is 7.94. The van der Waals surface area contributed by atoms with E-state index >= 15 is 0 Å². The van der Waals surface area contributed by atoms with Crippen LogP contribution in [-0.2, 0) is 31.2 Å². The fraction of sp³-hybridized carbons (Fsp3) is 0.667. The summed E-state index contributed by atoms with van der Waals surface area (Å²) < 4.78 is 8.05. The van der Waals surface area contributed by atoms with Gasteiger partial charge in [-0.2, -0.15) is 10.2 Å². The van der Waals surface area contributed by atoms with Crippen molar-refractivity contribution in [3.05, 3.63) is 34.9 Å². The van der Waals surface area contributed by atoms with Crippen molar-refractivity contribution in [2.24, 2.45) is 13.0 Å². The summed E-state index contributed by atoms with van der Waals surface area (Å²) in [5.41, 5.74) is 5.09. The first kappa shape index (κ1) is 17.2. The van der Waals surface area contributed by atoms with E-state index in [0.717, 1.165) is 44.5 Å². The highest BCUT2D eigenvalue weighted by Gasteiger charge is 2.28. The highest BCUT2D eigenvalue weighted by atomic mass is 16.5. The Hall–Kier alpha value is -1.66. The maximum absolute atomic E-state index is 6.02. The first-order chi connectivity index (χ1) is 11.7. The van der Waals surface area contributed by atoms with Crippen LogP contribution in [0.1, 0.15) is 55.3 Å². The smallest absolute Gasteiger partial charge is 0.0895 e. The van der Waals surface area contributed by atoms with Gasteiger partial charge in [0.1, 0.15) is 0 Å². The molecule has 6 nitrogen and oxygen atoms in total. The summed E-state index contributed by atoms with van der Waals surface area (Å²) in [7, 11) is 2.05. The molecule has 2 atom stereocenters. The molecule has 1 aliphatic heterocycles. The molecule has 1 fully saturated rings. The third-order valence-electron chi connectivity index (χ3n) is 5.03. The maximum Gasteiger partial charge on any atom is 0.0895 e. The van der Waals surface area contributed by atoms with Gasteiger partial charge in [-0.3, -0.25) is 9.78 Å². The van der Waals surface area contributed by atoms with Gasteiger partial charge < -0.3 is 10.1 Å². The Morgan fingerprint density at radius 3 is 2.96 bits per heavy atom. The number of nitrogens with zero attached hydrogens (tertiary/aromatic N) is 3. The number of aromatic amines is 1. The molecular formula is C18H29N5O. The molecule has 2 N–H and O–H groups in total. The molecule has 6 heteroatoms. The van der Waals surface area contributed by atoms with Crippen LogP contribution >= 0.6 is 0 Å². The van der Waals surface area contributed by atoms with Gasteiger partial charge in [0.2, 0.25) is 0 Å². The molecule has 1 saturated heterocycles. The van der Waals surface area contributed by atoms with Crippen LogP contribution in [0.3, 0.4) is 0 Å². The van der Waals surface area contributed by atoms with Crippen molar-refractivity contribution < 1.29 is 4.74 Å². The van der Waals surface area contributed by atoms with Gasteiger partial charge in [0.05, 0.1) is 18.0 Å². The van der Waals surface area contributed by atoms with Gasteiger partial charge in [-0.15, -0.1) is 0 Å². The molecule has 24 heavy (non-hydrogen) atoms. The van der Waals surface area contributed by atoms with Crippen LogP contribution in [0.4, 0.5) is 0 Å². The molecule has 3 rings (SSSR count). The van der Waals surface area contributed by atoms with Crippen LogP contribution in [-0.4, -0.2) is 33.1 Å². The van der Waals surface area contributed by atoms with E-state index in [1.165, 1.54) is 23.4 Å². The summed E-state index contributed by atoms with van der Waals surface area (Å²) in [5.74, 6) is 0.489. The van der Waals surface area contributed by atoms with E-state index in [-0.39, 0.29) is 6.10 Å². The van der Waals surface area contributed by atoms with Crippen molar-refractivity contribution in [3.8, 4) is 0 Å². The zero-order valence-electron chi connectivity index (χ0n) is 15.0. The SMILES string of the molecule is CCc1nn(C)c(CC)c1CNC[C@@H]1CCCO[C@H]1c1cn[nH]c1. The Balaban J connectivity index is 1.63. The highest BCUT2D eigenvalue weighted by molar-refractivity contribution is 5.26. The lowest BCUT2D eigenvalue weighted by molar-refractivity contribution is -0.0278. The lowest BCUT2D eigenvalue weighted by Crippen LogP contribution is -2.31. The Kier molecular flexibility index (Phi) is 5.68. The molecule has 0 aliphatic carbocycles. The van der Waals surface area contributed by atoms with Crippen LogP contribution in [0.5, 0.6) is 0 Å². The van der Waals surface area contributed by atoms with Gasteiger partial charge in [-0.1, -0.05) is 13.8 Å². The number of hydrogen-bond acceptors (Lipinski definition) is 4. The predicted molar refractivity (Wildman–Crippen MR) is 93.7 cm³/mol.